The van der Waals surface area contributed by atoms with Gasteiger partial charge in [0, 0.05) is 19.6 Å². The molecular weight excluding hydrogens is 329 g/mol. The van der Waals surface area contributed by atoms with Crippen molar-refractivity contribution in [2.75, 3.05) is 38.2 Å². The summed E-state index contributed by atoms with van der Waals surface area (Å²) in [5.41, 5.74) is 0.981. The summed E-state index contributed by atoms with van der Waals surface area (Å²) in [6.07, 6.45) is 0. The van der Waals surface area contributed by atoms with Gasteiger partial charge < -0.3 is 10.1 Å². The average molecular weight is 349 g/mol. The van der Waals surface area contributed by atoms with Gasteiger partial charge in [-0.25, -0.2) is 9.18 Å². The Kier molecular flexibility index (Phi) is 5.79. The van der Waals surface area contributed by atoms with Gasteiger partial charge >= 0.3 is 6.03 Å². The van der Waals surface area contributed by atoms with E-state index in [0.29, 0.717) is 19.8 Å². The van der Waals surface area contributed by atoms with Crippen molar-refractivity contribution in [3.05, 3.63) is 53.2 Å². The molecule has 2 N–H and O–H groups in total. The van der Waals surface area contributed by atoms with Crippen molar-refractivity contribution in [1.29, 1.82) is 0 Å². The molecule has 3 rings (SSSR count). The van der Waals surface area contributed by atoms with Gasteiger partial charge in [-0.1, -0.05) is 12.1 Å². The van der Waals surface area contributed by atoms with Crippen molar-refractivity contribution in [3.8, 4) is 0 Å². The highest BCUT2D eigenvalue weighted by atomic mass is 32.1. The van der Waals surface area contributed by atoms with E-state index in [1.165, 1.54) is 23.5 Å². The molecule has 5 nitrogen and oxygen atoms in total. The molecule has 0 spiro atoms. The van der Waals surface area contributed by atoms with Crippen LogP contribution in [0.1, 0.15) is 11.6 Å². The molecule has 1 aliphatic rings. The third kappa shape index (κ3) is 4.53. The van der Waals surface area contributed by atoms with Crippen molar-refractivity contribution >= 4 is 22.4 Å². The van der Waals surface area contributed by atoms with Crippen LogP contribution in [-0.4, -0.2) is 43.8 Å². The third-order valence-corrected chi connectivity index (χ3v) is 4.74. The molecule has 1 aromatic heterocycles. The lowest BCUT2D eigenvalue weighted by Gasteiger charge is -2.34. The Bertz CT molecular complexity index is 642. The Hall–Kier alpha value is -1.96. The molecule has 1 atom stereocenters. The summed E-state index contributed by atoms with van der Waals surface area (Å²) >= 11 is 1.47. The van der Waals surface area contributed by atoms with Crippen LogP contribution in [0.4, 0.5) is 14.2 Å². The lowest BCUT2D eigenvalue weighted by atomic mass is 10.0. The van der Waals surface area contributed by atoms with E-state index in [9.17, 15) is 9.18 Å². The normalized spacial score (nSPS) is 16.5. The second-order valence-electron chi connectivity index (χ2n) is 5.53. The molecule has 1 aromatic carbocycles. The maximum absolute atomic E-state index is 13.2. The fourth-order valence-corrected chi connectivity index (χ4v) is 3.34. The maximum Gasteiger partial charge on any atom is 0.319 e. The number of hydrogen-bond acceptors (Lipinski definition) is 4. The van der Waals surface area contributed by atoms with Gasteiger partial charge in [0.05, 0.1) is 24.3 Å². The molecule has 0 unspecified atom stereocenters. The number of carbonyl (C=O) groups is 1. The number of halogens is 1. The first-order valence-corrected chi connectivity index (χ1v) is 8.76. The van der Waals surface area contributed by atoms with Gasteiger partial charge in [0.25, 0.3) is 0 Å². The average Bonchev–Trinajstić information content (AvgIpc) is 3.10. The highest BCUT2D eigenvalue weighted by Gasteiger charge is 2.23. The smallest absolute Gasteiger partial charge is 0.319 e. The molecule has 2 amide bonds. The number of hydrogen-bond donors (Lipinski definition) is 2. The number of rotatable bonds is 5. The number of carbonyl (C=O) groups excluding carboxylic acids is 1. The fraction of sp³-hybridized carbons (Fsp3) is 0.353. The van der Waals surface area contributed by atoms with Crippen LogP contribution in [0.2, 0.25) is 0 Å². The molecule has 2 heterocycles. The van der Waals surface area contributed by atoms with Crippen molar-refractivity contribution in [2.24, 2.45) is 0 Å². The number of amides is 2. The van der Waals surface area contributed by atoms with E-state index in [2.05, 4.69) is 15.5 Å². The zero-order valence-electron chi connectivity index (χ0n) is 13.2. The molecular formula is C17H20FN3O2S. The van der Waals surface area contributed by atoms with E-state index in [1.54, 1.807) is 12.1 Å². The Morgan fingerprint density at radius 2 is 2.00 bits per heavy atom. The van der Waals surface area contributed by atoms with Crippen molar-refractivity contribution in [1.82, 2.24) is 10.2 Å². The van der Waals surface area contributed by atoms with Gasteiger partial charge in [0.15, 0.2) is 0 Å². The lowest BCUT2D eigenvalue weighted by Crippen LogP contribution is -2.44. The quantitative estimate of drug-likeness (QED) is 0.872. The van der Waals surface area contributed by atoms with Gasteiger partial charge in [-0.3, -0.25) is 10.2 Å². The van der Waals surface area contributed by atoms with E-state index in [0.717, 1.165) is 23.7 Å². The van der Waals surface area contributed by atoms with Crippen LogP contribution >= 0.6 is 11.3 Å². The molecule has 1 aliphatic heterocycles. The molecule has 24 heavy (non-hydrogen) atoms. The number of morpholine rings is 1. The van der Waals surface area contributed by atoms with E-state index >= 15 is 0 Å². The van der Waals surface area contributed by atoms with Gasteiger partial charge in [-0.05, 0) is 35.2 Å². The zero-order chi connectivity index (χ0) is 16.8. The van der Waals surface area contributed by atoms with E-state index in [1.807, 2.05) is 17.5 Å². The van der Waals surface area contributed by atoms with Gasteiger partial charge in [-0.2, -0.15) is 0 Å². The number of nitrogens with one attached hydrogen (secondary N) is 2. The highest BCUT2D eigenvalue weighted by molar-refractivity contribution is 7.14. The van der Waals surface area contributed by atoms with Crippen molar-refractivity contribution < 1.29 is 13.9 Å². The van der Waals surface area contributed by atoms with Crippen LogP contribution in [0.25, 0.3) is 0 Å². The van der Waals surface area contributed by atoms with Crippen LogP contribution in [0.15, 0.2) is 41.8 Å². The summed E-state index contributed by atoms with van der Waals surface area (Å²) in [5.74, 6) is -0.261. The Morgan fingerprint density at radius 1 is 1.25 bits per heavy atom. The number of anilines is 1. The van der Waals surface area contributed by atoms with E-state index in [-0.39, 0.29) is 17.9 Å². The first kappa shape index (κ1) is 16.9. The minimum absolute atomic E-state index is 0.0106. The van der Waals surface area contributed by atoms with Gasteiger partial charge in [0.2, 0.25) is 0 Å². The predicted octanol–water partition coefficient (Wildman–Crippen LogP) is 3.08. The molecule has 128 valence electrons. The topological polar surface area (TPSA) is 53.6 Å². The number of benzene rings is 1. The fourth-order valence-electron chi connectivity index (χ4n) is 2.73. The Balaban J connectivity index is 1.65. The molecule has 1 saturated heterocycles. The molecule has 2 aromatic rings. The largest absolute Gasteiger partial charge is 0.379 e. The summed E-state index contributed by atoms with van der Waals surface area (Å²) in [5, 5.41) is 8.43. The summed E-state index contributed by atoms with van der Waals surface area (Å²) in [4.78, 5) is 14.3. The Labute approximate surface area is 144 Å². The molecule has 0 radical (unpaired) electrons. The molecule has 1 fully saturated rings. The number of ether oxygens (including phenoxy) is 1. The van der Waals surface area contributed by atoms with Crippen LogP contribution in [0, 0.1) is 5.82 Å². The first-order chi connectivity index (χ1) is 11.7. The summed E-state index contributed by atoms with van der Waals surface area (Å²) in [6, 6.07) is 9.94. The van der Waals surface area contributed by atoms with E-state index in [4.69, 9.17) is 4.74 Å². The lowest BCUT2D eigenvalue weighted by molar-refractivity contribution is 0.0167. The second kappa shape index (κ2) is 8.23. The zero-order valence-corrected chi connectivity index (χ0v) is 14.0. The number of nitrogens with zero attached hydrogens (tertiary/aromatic N) is 1. The van der Waals surface area contributed by atoms with Crippen LogP contribution < -0.4 is 10.6 Å². The summed E-state index contributed by atoms with van der Waals surface area (Å²) in [7, 11) is 0. The third-order valence-electron chi connectivity index (χ3n) is 3.96. The van der Waals surface area contributed by atoms with Crippen LogP contribution in [0.3, 0.4) is 0 Å². The summed E-state index contributed by atoms with van der Waals surface area (Å²) in [6.45, 7) is 3.35. The molecule has 7 heteroatoms. The molecule has 0 aliphatic carbocycles. The molecule has 0 saturated carbocycles. The monoisotopic (exact) mass is 349 g/mol. The molecule has 0 bridgehead atoms. The summed E-state index contributed by atoms with van der Waals surface area (Å²) < 4.78 is 18.6. The SMILES string of the molecule is O=C(NC[C@H](c1ccc(F)cc1)N1CCOCC1)Nc1cccs1. The number of thiophene rings is 1. The van der Waals surface area contributed by atoms with Crippen molar-refractivity contribution in [3.63, 3.8) is 0 Å². The highest BCUT2D eigenvalue weighted by Crippen LogP contribution is 2.22. The van der Waals surface area contributed by atoms with Gasteiger partial charge in [0.1, 0.15) is 5.82 Å². The van der Waals surface area contributed by atoms with Gasteiger partial charge in [-0.15, -0.1) is 11.3 Å². The Morgan fingerprint density at radius 3 is 2.67 bits per heavy atom. The minimum Gasteiger partial charge on any atom is -0.379 e. The first-order valence-electron chi connectivity index (χ1n) is 7.88. The van der Waals surface area contributed by atoms with Crippen LogP contribution in [-0.2, 0) is 4.74 Å². The van der Waals surface area contributed by atoms with Crippen LogP contribution in [0.5, 0.6) is 0 Å². The maximum atomic E-state index is 13.2. The standard InChI is InChI=1S/C17H20FN3O2S/c18-14-5-3-13(4-6-14)15(21-7-9-23-10-8-21)12-19-17(22)20-16-2-1-11-24-16/h1-6,11,15H,7-10,12H2,(H2,19,20,22)/t15-/m1/s1. The minimum atomic E-state index is -0.261. The number of urea groups is 1. The second-order valence-corrected chi connectivity index (χ2v) is 6.48. The predicted molar refractivity (Wildman–Crippen MR) is 92.9 cm³/mol. The van der Waals surface area contributed by atoms with E-state index < -0.39 is 0 Å². The van der Waals surface area contributed by atoms with Crippen molar-refractivity contribution in [2.45, 2.75) is 6.04 Å².